The normalized spacial score (nSPS) is 24.4. The highest BCUT2D eigenvalue weighted by Gasteiger charge is 2.24. The van der Waals surface area contributed by atoms with Crippen LogP contribution in [0.15, 0.2) is 4.99 Å². The Morgan fingerprint density at radius 1 is 1.00 bits per heavy atom. The van der Waals surface area contributed by atoms with Gasteiger partial charge in [0.05, 0.1) is 0 Å². The lowest BCUT2D eigenvalue weighted by molar-refractivity contribution is -0.127. The molecule has 1 N–H and O–H groups in total. The van der Waals surface area contributed by atoms with Gasteiger partial charge in [0.1, 0.15) is 12.3 Å². The number of rotatable bonds is 1. The molecular formula is C12H18N2O2. The van der Waals surface area contributed by atoms with Crippen molar-refractivity contribution in [2.75, 3.05) is 0 Å². The van der Waals surface area contributed by atoms with Crippen LogP contribution in [0.25, 0.3) is 0 Å². The summed E-state index contributed by atoms with van der Waals surface area (Å²) >= 11 is 0. The summed E-state index contributed by atoms with van der Waals surface area (Å²) in [5.74, 6) is 0.425. The monoisotopic (exact) mass is 222 g/mol. The van der Waals surface area contributed by atoms with Gasteiger partial charge in [-0.05, 0) is 12.8 Å². The minimum Gasteiger partial charge on any atom is -0.313 e. The standard InChI is InChI=1S/C12H18N2O2/c15-10-8-11(16)14-12(13-10)9-6-4-2-1-3-5-7-9/h9H,1-8H2,(H,13,14,15,16). The molecule has 0 radical (unpaired) electrons. The van der Waals surface area contributed by atoms with Crippen molar-refractivity contribution in [3.05, 3.63) is 0 Å². The lowest BCUT2D eigenvalue weighted by Crippen LogP contribution is -2.41. The molecule has 0 aromatic heterocycles. The molecule has 0 saturated heterocycles. The van der Waals surface area contributed by atoms with Crippen molar-refractivity contribution in [2.45, 2.75) is 51.4 Å². The number of amidine groups is 1. The number of carbonyl (C=O) groups excluding carboxylic acids is 2. The maximum atomic E-state index is 11.3. The van der Waals surface area contributed by atoms with Gasteiger partial charge in [-0.2, -0.15) is 4.99 Å². The highest BCUT2D eigenvalue weighted by atomic mass is 16.2. The van der Waals surface area contributed by atoms with Gasteiger partial charge in [0.25, 0.3) is 5.91 Å². The van der Waals surface area contributed by atoms with Crippen LogP contribution in [0.4, 0.5) is 0 Å². The van der Waals surface area contributed by atoms with E-state index in [4.69, 9.17) is 0 Å². The summed E-state index contributed by atoms with van der Waals surface area (Å²) < 4.78 is 0. The Hall–Kier alpha value is -1.19. The Balaban J connectivity index is 2.03. The smallest absolute Gasteiger partial charge is 0.256 e. The van der Waals surface area contributed by atoms with E-state index >= 15 is 0 Å². The van der Waals surface area contributed by atoms with E-state index in [1.165, 1.54) is 32.1 Å². The second kappa shape index (κ2) is 5.23. The number of aliphatic imine (C=N–C) groups is 1. The first-order valence-electron chi connectivity index (χ1n) is 6.17. The SMILES string of the molecule is O=C1CC(=O)NC(C2CCCCCCC2)=N1. The number of hydrogen-bond acceptors (Lipinski definition) is 2. The van der Waals surface area contributed by atoms with Crippen molar-refractivity contribution in [3.63, 3.8) is 0 Å². The third kappa shape index (κ3) is 2.90. The van der Waals surface area contributed by atoms with E-state index in [0.717, 1.165) is 12.8 Å². The first-order valence-corrected chi connectivity index (χ1v) is 6.17. The minimum absolute atomic E-state index is 0.0871. The van der Waals surface area contributed by atoms with Crippen molar-refractivity contribution >= 4 is 17.6 Å². The van der Waals surface area contributed by atoms with Crippen LogP contribution >= 0.6 is 0 Å². The van der Waals surface area contributed by atoms with E-state index in [0.29, 0.717) is 5.84 Å². The highest BCUT2D eigenvalue weighted by Crippen LogP contribution is 2.23. The molecule has 4 nitrogen and oxygen atoms in total. The van der Waals surface area contributed by atoms with Gasteiger partial charge >= 0.3 is 0 Å². The molecule has 2 aliphatic rings. The molecule has 0 atom stereocenters. The molecule has 1 heterocycles. The van der Waals surface area contributed by atoms with Gasteiger partial charge in [0, 0.05) is 5.92 Å². The van der Waals surface area contributed by atoms with Gasteiger partial charge in [0.15, 0.2) is 0 Å². The highest BCUT2D eigenvalue weighted by molar-refractivity contribution is 6.14. The summed E-state index contributed by atoms with van der Waals surface area (Å²) in [6, 6.07) is 0. The Morgan fingerprint density at radius 3 is 2.25 bits per heavy atom. The molecule has 4 heteroatoms. The van der Waals surface area contributed by atoms with E-state index < -0.39 is 0 Å². The molecule has 0 aromatic carbocycles. The van der Waals surface area contributed by atoms with Crippen molar-refractivity contribution in [1.82, 2.24) is 5.32 Å². The summed E-state index contributed by atoms with van der Waals surface area (Å²) in [7, 11) is 0. The fourth-order valence-electron chi connectivity index (χ4n) is 2.45. The lowest BCUT2D eigenvalue weighted by Gasteiger charge is -2.23. The van der Waals surface area contributed by atoms with E-state index in [2.05, 4.69) is 10.3 Å². The average Bonchev–Trinajstić information content (AvgIpc) is 2.14. The molecule has 0 bridgehead atoms. The van der Waals surface area contributed by atoms with Crippen LogP contribution in [0.3, 0.4) is 0 Å². The zero-order valence-corrected chi connectivity index (χ0v) is 9.50. The number of nitrogens with zero attached hydrogens (tertiary/aromatic N) is 1. The van der Waals surface area contributed by atoms with Crippen molar-refractivity contribution in [3.8, 4) is 0 Å². The summed E-state index contributed by atoms with van der Waals surface area (Å²) in [5.41, 5.74) is 0. The third-order valence-corrected chi connectivity index (χ3v) is 3.32. The molecular weight excluding hydrogens is 204 g/mol. The Labute approximate surface area is 95.5 Å². The van der Waals surface area contributed by atoms with E-state index in [9.17, 15) is 9.59 Å². The van der Waals surface area contributed by atoms with Gasteiger partial charge in [-0.15, -0.1) is 0 Å². The first-order chi connectivity index (χ1) is 7.75. The van der Waals surface area contributed by atoms with Crippen LogP contribution in [0.1, 0.15) is 51.4 Å². The molecule has 1 saturated carbocycles. The molecule has 1 aliphatic heterocycles. The van der Waals surface area contributed by atoms with Gasteiger partial charge in [-0.25, -0.2) is 0 Å². The van der Waals surface area contributed by atoms with E-state index in [1.54, 1.807) is 0 Å². The lowest BCUT2D eigenvalue weighted by atomic mass is 9.90. The quantitative estimate of drug-likeness (QED) is 0.688. The molecule has 0 unspecified atom stereocenters. The van der Waals surface area contributed by atoms with Crippen LogP contribution in [0.2, 0.25) is 0 Å². The first kappa shape index (κ1) is 11.3. The van der Waals surface area contributed by atoms with Gasteiger partial charge in [0.2, 0.25) is 5.91 Å². The van der Waals surface area contributed by atoms with Crippen LogP contribution in [0.5, 0.6) is 0 Å². The molecule has 0 spiro atoms. The fraction of sp³-hybridized carbons (Fsp3) is 0.750. The van der Waals surface area contributed by atoms with Crippen LogP contribution in [0, 0.1) is 5.92 Å². The van der Waals surface area contributed by atoms with E-state index in [1.807, 2.05) is 0 Å². The topological polar surface area (TPSA) is 58.5 Å². The summed E-state index contributed by atoms with van der Waals surface area (Å²) in [4.78, 5) is 26.5. The zero-order valence-electron chi connectivity index (χ0n) is 9.50. The third-order valence-electron chi connectivity index (χ3n) is 3.32. The van der Waals surface area contributed by atoms with Crippen LogP contribution < -0.4 is 5.32 Å². The number of carbonyl (C=O) groups is 2. The molecule has 16 heavy (non-hydrogen) atoms. The van der Waals surface area contributed by atoms with Crippen LogP contribution in [-0.2, 0) is 9.59 Å². The predicted octanol–water partition coefficient (Wildman–Crippen LogP) is 1.79. The number of nitrogens with one attached hydrogen (secondary N) is 1. The summed E-state index contributed by atoms with van der Waals surface area (Å²) in [6.07, 6.45) is 8.18. The van der Waals surface area contributed by atoms with Crippen LogP contribution in [-0.4, -0.2) is 17.6 Å². The van der Waals surface area contributed by atoms with Crippen molar-refractivity contribution < 1.29 is 9.59 Å². The second-order valence-corrected chi connectivity index (χ2v) is 4.66. The Bertz CT molecular complexity index is 315. The Kier molecular flexibility index (Phi) is 3.70. The second-order valence-electron chi connectivity index (χ2n) is 4.66. The van der Waals surface area contributed by atoms with Gasteiger partial charge < -0.3 is 5.32 Å². The number of amides is 2. The van der Waals surface area contributed by atoms with Crippen molar-refractivity contribution in [2.24, 2.45) is 10.9 Å². The molecule has 2 amide bonds. The maximum absolute atomic E-state index is 11.3. The molecule has 1 fully saturated rings. The fourth-order valence-corrected chi connectivity index (χ4v) is 2.45. The largest absolute Gasteiger partial charge is 0.313 e. The molecule has 0 aromatic rings. The molecule has 1 aliphatic carbocycles. The van der Waals surface area contributed by atoms with Gasteiger partial charge in [-0.3, -0.25) is 9.59 Å². The summed E-state index contributed by atoms with van der Waals surface area (Å²) in [6.45, 7) is 0. The predicted molar refractivity (Wildman–Crippen MR) is 61.0 cm³/mol. The molecule has 88 valence electrons. The average molecular weight is 222 g/mol. The van der Waals surface area contributed by atoms with Gasteiger partial charge in [-0.1, -0.05) is 32.1 Å². The zero-order chi connectivity index (χ0) is 11.4. The van der Waals surface area contributed by atoms with Crippen molar-refractivity contribution in [1.29, 1.82) is 0 Å². The summed E-state index contributed by atoms with van der Waals surface area (Å²) in [5, 5.41) is 2.75. The maximum Gasteiger partial charge on any atom is 0.256 e. The number of hydrogen-bond donors (Lipinski definition) is 1. The van der Waals surface area contributed by atoms with E-state index in [-0.39, 0.29) is 24.2 Å². The molecule has 2 rings (SSSR count). The minimum atomic E-state index is -0.291. The Morgan fingerprint density at radius 2 is 1.62 bits per heavy atom.